The molecule has 0 heterocycles. The van der Waals surface area contributed by atoms with Gasteiger partial charge < -0.3 is 0 Å². The van der Waals surface area contributed by atoms with Crippen molar-refractivity contribution in [1.29, 1.82) is 0 Å². The third-order valence-corrected chi connectivity index (χ3v) is 3.64. The van der Waals surface area contributed by atoms with Crippen molar-refractivity contribution in [1.82, 2.24) is 0 Å². The summed E-state index contributed by atoms with van der Waals surface area (Å²) < 4.78 is 0. The lowest BCUT2D eigenvalue weighted by molar-refractivity contribution is 1.10. The summed E-state index contributed by atoms with van der Waals surface area (Å²) in [5, 5.41) is 4.38. The van der Waals surface area contributed by atoms with Gasteiger partial charge in [0, 0.05) is 5.92 Å². The number of para-hydroxylation sites is 1. The number of rotatable bonds is 4. The van der Waals surface area contributed by atoms with Crippen LogP contribution in [0.2, 0.25) is 0 Å². The van der Waals surface area contributed by atoms with Crippen LogP contribution in [0.4, 0.5) is 5.69 Å². The summed E-state index contributed by atoms with van der Waals surface area (Å²) in [6.07, 6.45) is 10.5. The van der Waals surface area contributed by atoms with Gasteiger partial charge in [-0.15, -0.1) is 0 Å². The predicted octanol–water partition coefficient (Wildman–Crippen LogP) is 4.65. The van der Waals surface area contributed by atoms with E-state index >= 15 is 0 Å². The zero-order valence-electron chi connectivity index (χ0n) is 12.0. The Kier molecular flexibility index (Phi) is 3.97. The zero-order valence-corrected chi connectivity index (χ0v) is 12.0. The number of aryl methyl sites for hydroxylation is 1. The Morgan fingerprint density at radius 3 is 2.48 bits per heavy atom. The van der Waals surface area contributed by atoms with E-state index in [-0.39, 0.29) is 0 Å². The van der Waals surface area contributed by atoms with Gasteiger partial charge >= 0.3 is 0 Å². The minimum Gasteiger partial charge on any atom is -0.278 e. The molecule has 0 spiro atoms. The van der Waals surface area contributed by atoms with E-state index in [1.165, 1.54) is 11.1 Å². The van der Waals surface area contributed by atoms with E-state index in [0.29, 0.717) is 5.92 Å². The van der Waals surface area contributed by atoms with Gasteiger partial charge in [-0.05, 0) is 29.7 Å². The summed E-state index contributed by atoms with van der Waals surface area (Å²) in [5.41, 5.74) is 7.75. The summed E-state index contributed by atoms with van der Waals surface area (Å²) in [6, 6.07) is 16.5. The molecule has 0 aromatic heterocycles. The molecule has 1 aliphatic carbocycles. The molecule has 0 fully saturated rings. The van der Waals surface area contributed by atoms with Crippen LogP contribution in [0.5, 0.6) is 0 Å². The van der Waals surface area contributed by atoms with Crippen LogP contribution in [0.3, 0.4) is 0 Å². The SMILES string of the molecule is Cc1ccccc1NN=Cc1ccccc1C1C=CC=C1. The second kappa shape index (κ2) is 6.23. The number of nitrogens with zero attached hydrogens (tertiary/aromatic N) is 1. The molecule has 0 aliphatic heterocycles. The smallest absolute Gasteiger partial charge is 0.0590 e. The first-order valence-electron chi connectivity index (χ1n) is 7.13. The maximum absolute atomic E-state index is 4.38. The maximum atomic E-state index is 4.38. The molecule has 0 radical (unpaired) electrons. The van der Waals surface area contributed by atoms with Crippen molar-refractivity contribution in [2.24, 2.45) is 5.10 Å². The van der Waals surface area contributed by atoms with Crippen LogP contribution >= 0.6 is 0 Å². The van der Waals surface area contributed by atoms with E-state index < -0.39 is 0 Å². The Hall–Kier alpha value is -2.61. The standard InChI is InChI=1S/C19H18N2/c1-15-8-2-7-13-19(15)21-20-14-17-11-5-6-12-18(17)16-9-3-4-10-16/h2-14,16,21H,1H3. The van der Waals surface area contributed by atoms with Crippen molar-refractivity contribution in [2.45, 2.75) is 12.8 Å². The van der Waals surface area contributed by atoms with Crippen molar-refractivity contribution >= 4 is 11.9 Å². The van der Waals surface area contributed by atoms with Crippen LogP contribution in [0.1, 0.15) is 22.6 Å². The molecular weight excluding hydrogens is 256 g/mol. The molecule has 0 unspecified atom stereocenters. The summed E-state index contributed by atoms with van der Waals surface area (Å²) in [7, 11) is 0. The monoisotopic (exact) mass is 274 g/mol. The van der Waals surface area contributed by atoms with Crippen molar-refractivity contribution in [3.8, 4) is 0 Å². The van der Waals surface area contributed by atoms with Gasteiger partial charge in [0.1, 0.15) is 0 Å². The highest BCUT2D eigenvalue weighted by atomic mass is 15.3. The van der Waals surface area contributed by atoms with Crippen LogP contribution in [-0.2, 0) is 0 Å². The largest absolute Gasteiger partial charge is 0.278 e. The maximum Gasteiger partial charge on any atom is 0.0590 e. The average Bonchev–Trinajstić information content (AvgIpc) is 3.04. The topological polar surface area (TPSA) is 24.4 Å². The lowest BCUT2D eigenvalue weighted by Crippen LogP contribution is -1.98. The van der Waals surface area contributed by atoms with Crippen molar-refractivity contribution in [3.05, 3.63) is 89.5 Å². The second-order valence-corrected chi connectivity index (χ2v) is 5.11. The quantitative estimate of drug-likeness (QED) is 0.637. The molecule has 1 aliphatic rings. The van der Waals surface area contributed by atoms with Gasteiger partial charge in [-0.25, -0.2) is 0 Å². The molecule has 2 aromatic carbocycles. The zero-order chi connectivity index (χ0) is 14.5. The summed E-state index contributed by atoms with van der Waals surface area (Å²) in [5.74, 6) is 0.353. The van der Waals surface area contributed by atoms with Gasteiger partial charge in [-0.2, -0.15) is 5.10 Å². The Morgan fingerprint density at radius 1 is 0.952 bits per heavy atom. The van der Waals surface area contributed by atoms with Crippen LogP contribution < -0.4 is 5.43 Å². The minimum absolute atomic E-state index is 0.353. The van der Waals surface area contributed by atoms with E-state index in [1.54, 1.807) is 0 Å². The molecule has 2 heteroatoms. The molecule has 0 amide bonds. The summed E-state index contributed by atoms with van der Waals surface area (Å²) >= 11 is 0. The highest BCUT2D eigenvalue weighted by molar-refractivity contribution is 5.83. The van der Waals surface area contributed by atoms with E-state index in [2.05, 4.69) is 66.0 Å². The molecule has 1 N–H and O–H groups in total. The molecule has 2 nitrogen and oxygen atoms in total. The molecule has 0 atom stereocenters. The van der Waals surface area contributed by atoms with Crippen molar-refractivity contribution in [2.75, 3.05) is 5.43 Å². The lowest BCUT2D eigenvalue weighted by Gasteiger charge is -2.10. The summed E-state index contributed by atoms with van der Waals surface area (Å²) in [6.45, 7) is 2.07. The van der Waals surface area contributed by atoms with Crippen LogP contribution in [0.15, 0.2) is 77.9 Å². The van der Waals surface area contributed by atoms with Gasteiger partial charge in [-0.1, -0.05) is 66.8 Å². The van der Waals surface area contributed by atoms with Gasteiger partial charge in [0.2, 0.25) is 0 Å². The van der Waals surface area contributed by atoms with Gasteiger partial charge in [0.15, 0.2) is 0 Å². The third kappa shape index (κ3) is 3.11. The predicted molar refractivity (Wildman–Crippen MR) is 89.9 cm³/mol. The molecule has 104 valence electrons. The normalized spacial score (nSPS) is 14.1. The molecule has 0 saturated carbocycles. The highest BCUT2D eigenvalue weighted by Crippen LogP contribution is 2.25. The van der Waals surface area contributed by atoms with Crippen LogP contribution in [-0.4, -0.2) is 6.21 Å². The van der Waals surface area contributed by atoms with Gasteiger partial charge in [0.05, 0.1) is 11.9 Å². The Balaban J connectivity index is 1.79. The van der Waals surface area contributed by atoms with E-state index in [1.807, 2.05) is 30.5 Å². The van der Waals surface area contributed by atoms with Gasteiger partial charge in [0.25, 0.3) is 0 Å². The highest BCUT2D eigenvalue weighted by Gasteiger charge is 2.10. The number of benzene rings is 2. The first-order valence-corrected chi connectivity index (χ1v) is 7.13. The molecule has 0 saturated heterocycles. The number of nitrogens with one attached hydrogen (secondary N) is 1. The lowest BCUT2D eigenvalue weighted by atomic mass is 9.96. The molecule has 2 aromatic rings. The number of hydrazone groups is 1. The molecular formula is C19H18N2. The minimum atomic E-state index is 0.353. The average molecular weight is 274 g/mol. The van der Waals surface area contributed by atoms with Crippen LogP contribution in [0, 0.1) is 6.92 Å². The third-order valence-electron chi connectivity index (χ3n) is 3.64. The van der Waals surface area contributed by atoms with Crippen molar-refractivity contribution in [3.63, 3.8) is 0 Å². The Bertz CT molecular complexity index is 699. The van der Waals surface area contributed by atoms with E-state index in [4.69, 9.17) is 0 Å². The molecule has 3 rings (SSSR count). The first kappa shape index (κ1) is 13.4. The Labute approximate surface area is 125 Å². The fraction of sp³-hybridized carbons (Fsp3) is 0.105. The number of hydrogen-bond acceptors (Lipinski definition) is 2. The van der Waals surface area contributed by atoms with Gasteiger partial charge in [-0.3, -0.25) is 5.43 Å². The molecule has 21 heavy (non-hydrogen) atoms. The van der Waals surface area contributed by atoms with Crippen molar-refractivity contribution < 1.29 is 0 Å². The fourth-order valence-corrected chi connectivity index (χ4v) is 2.44. The fourth-order valence-electron chi connectivity index (χ4n) is 2.44. The first-order chi connectivity index (χ1) is 10.3. The second-order valence-electron chi connectivity index (χ2n) is 5.11. The van der Waals surface area contributed by atoms with Crippen LogP contribution in [0.25, 0.3) is 0 Å². The summed E-state index contributed by atoms with van der Waals surface area (Å²) in [4.78, 5) is 0. The Morgan fingerprint density at radius 2 is 1.67 bits per heavy atom. The number of allylic oxidation sites excluding steroid dienone is 4. The number of anilines is 1. The van der Waals surface area contributed by atoms with E-state index in [0.717, 1.165) is 11.3 Å². The van der Waals surface area contributed by atoms with E-state index in [9.17, 15) is 0 Å². The number of hydrogen-bond donors (Lipinski definition) is 1. The molecule has 0 bridgehead atoms.